The minimum Gasteiger partial charge on any atom is -0.493 e. The minimum absolute atomic E-state index is 0.00368. The van der Waals surface area contributed by atoms with Gasteiger partial charge in [0.15, 0.2) is 17.3 Å². The number of hydrogen-bond donors (Lipinski definition) is 1. The Morgan fingerprint density at radius 2 is 2.04 bits per heavy atom. The molecule has 132 valence electrons. The molecule has 25 heavy (non-hydrogen) atoms. The number of ether oxygens (including phenoxy) is 2. The van der Waals surface area contributed by atoms with Crippen LogP contribution in [0.4, 0.5) is 0 Å². The van der Waals surface area contributed by atoms with Crippen LogP contribution in [0.1, 0.15) is 33.8 Å². The number of piperidine rings is 1. The molecule has 1 aromatic heterocycles. The van der Waals surface area contributed by atoms with Crippen molar-refractivity contribution in [1.29, 1.82) is 0 Å². The molecule has 1 aliphatic rings. The van der Waals surface area contributed by atoms with Crippen LogP contribution >= 0.6 is 0 Å². The van der Waals surface area contributed by atoms with E-state index < -0.39 is 0 Å². The van der Waals surface area contributed by atoms with E-state index in [1.807, 2.05) is 0 Å². The number of rotatable bonds is 5. The van der Waals surface area contributed by atoms with Crippen LogP contribution in [0.3, 0.4) is 0 Å². The van der Waals surface area contributed by atoms with E-state index in [1.165, 1.54) is 13.4 Å². The summed E-state index contributed by atoms with van der Waals surface area (Å²) in [6.07, 6.45) is 2.81. The SMILES string of the molecule is COc1ccc(C(=O)[C@@H]2CCCN(C(=O)c3ncn[nH]3)C2)cc1OC. The maximum atomic E-state index is 12.9. The number of ketones is 1. The molecule has 2 heterocycles. The summed E-state index contributed by atoms with van der Waals surface area (Å²) in [7, 11) is 3.08. The molecule has 1 aromatic carbocycles. The fourth-order valence-corrected chi connectivity index (χ4v) is 3.06. The number of aromatic nitrogens is 3. The molecule has 0 bridgehead atoms. The smallest absolute Gasteiger partial charge is 0.291 e. The van der Waals surface area contributed by atoms with Gasteiger partial charge in [0.1, 0.15) is 6.33 Å². The molecular weight excluding hydrogens is 324 g/mol. The molecule has 0 aliphatic carbocycles. The molecule has 1 atom stereocenters. The quantitative estimate of drug-likeness (QED) is 0.827. The molecule has 1 amide bonds. The van der Waals surface area contributed by atoms with E-state index in [2.05, 4.69) is 15.2 Å². The summed E-state index contributed by atoms with van der Waals surface area (Å²) in [5, 5.41) is 6.27. The highest BCUT2D eigenvalue weighted by molar-refractivity contribution is 5.99. The first-order chi connectivity index (χ1) is 12.1. The first-order valence-electron chi connectivity index (χ1n) is 8.05. The van der Waals surface area contributed by atoms with E-state index in [-0.39, 0.29) is 23.4 Å². The van der Waals surface area contributed by atoms with Gasteiger partial charge < -0.3 is 14.4 Å². The molecule has 1 saturated heterocycles. The predicted octanol–water partition coefficient (Wildman–Crippen LogP) is 1.56. The van der Waals surface area contributed by atoms with Gasteiger partial charge in [-0.25, -0.2) is 4.98 Å². The first-order valence-corrected chi connectivity index (χ1v) is 8.05. The summed E-state index contributed by atoms with van der Waals surface area (Å²) in [5.41, 5.74) is 0.552. The highest BCUT2D eigenvalue weighted by Crippen LogP contribution is 2.30. The van der Waals surface area contributed by atoms with Gasteiger partial charge in [-0.1, -0.05) is 0 Å². The number of Topliss-reactive ketones (excluding diaryl/α,β-unsaturated/α-hetero) is 1. The number of likely N-dealkylation sites (tertiary alicyclic amines) is 1. The molecule has 0 saturated carbocycles. The molecule has 3 rings (SSSR count). The van der Waals surface area contributed by atoms with E-state index in [4.69, 9.17) is 9.47 Å². The van der Waals surface area contributed by atoms with Crippen molar-refractivity contribution in [2.75, 3.05) is 27.3 Å². The van der Waals surface area contributed by atoms with Crippen LogP contribution in [0.5, 0.6) is 11.5 Å². The number of carbonyl (C=O) groups excluding carboxylic acids is 2. The van der Waals surface area contributed by atoms with Crippen molar-refractivity contribution in [2.24, 2.45) is 5.92 Å². The van der Waals surface area contributed by atoms with Crippen molar-refractivity contribution in [3.63, 3.8) is 0 Å². The summed E-state index contributed by atoms with van der Waals surface area (Å²) in [5.74, 6) is 0.792. The molecule has 0 unspecified atom stereocenters. The third kappa shape index (κ3) is 3.47. The van der Waals surface area contributed by atoms with Crippen molar-refractivity contribution < 1.29 is 19.1 Å². The maximum Gasteiger partial charge on any atom is 0.291 e. The number of aromatic amines is 1. The van der Waals surface area contributed by atoms with Gasteiger partial charge in [-0.3, -0.25) is 14.7 Å². The lowest BCUT2D eigenvalue weighted by atomic mass is 9.89. The predicted molar refractivity (Wildman–Crippen MR) is 88.9 cm³/mol. The molecule has 1 fully saturated rings. The monoisotopic (exact) mass is 344 g/mol. The summed E-state index contributed by atoms with van der Waals surface area (Å²) in [4.78, 5) is 30.8. The molecule has 8 heteroatoms. The average molecular weight is 344 g/mol. The first kappa shape index (κ1) is 16.9. The Morgan fingerprint density at radius 1 is 1.24 bits per heavy atom. The van der Waals surface area contributed by atoms with Crippen molar-refractivity contribution >= 4 is 11.7 Å². The zero-order chi connectivity index (χ0) is 17.8. The lowest BCUT2D eigenvalue weighted by molar-refractivity contribution is 0.0627. The molecule has 8 nitrogen and oxygen atoms in total. The van der Waals surface area contributed by atoms with E-state index in [9.17, 15) is 9.59 Å². The number of nitrogens with one attached hydrogen (secondary N) is 1. The fourth-order valence-electron chi connectivity index (χ4n) is 3.06. The third-order valence-corrected chi connectivity index (χ3v) is 4.37. The van der Waals surface area contributed by atoms with Crippen molar-refractivity contribution in [3.8, 4) is 11.5 Å². The third-order valence-electron chi connectivity index (χ3n) is 4.37. The zero-order valence-electron chi connectivity index (χ0n) is 14.2. The Bertz CT molecular complexity index is 760. The second kappa shape index (κ2) is 7.33. The highest BCUT2D eigenvalue weighted by atomic mass is 16.5. The van der Waals surface area contributed by atoms with Crippen LogP contribution in [0, 0.1) is 5.92 Å². The zero-order valence-corrected chi connectivity index (χ0v) is 14.2. The van der Waals surface area contributed by atoms with E-state index in [1.54, 1.807) is 30.2 Å². The summed E-state index contributed by atoms with van der Waals surface area (Å²) >= 11 is 0. The van der Waals surface area contributed by atoms with Gasteiger partial charge in [-0.15, -0.1) is 0 Å². The average Bonchev–Trinajstić information content (AvgIpc) is 3.21. The number of hydrogen-bond acceptors (Lipinski definition) is 6. The van der Waals surface area contributed by atoms with Gasteiger partial charge in [-0.2, -0.15) is 5.10 Å². The molecular formula is C17H20N4O4. The summed E-state index contributed by atoms with van der Waals surface area (Å²) in [6, 6.07) is 5.12. The van der Waals surface area contributed by atoms with Crippen LogP contribution < -0.4 is 9.47 Å². The second-order valence-electron chi connectivity index (χ2n) is 5.86. The van der Waals surface area contributed by atoms with Crippen LogP contribution in [0.2, 0.25) is 0 Å². The normalized spacial score (nSPS) is 17.2. The van der Waals surface area contributed by atoms with E-state index >= 15 is 0 Å². The van der Waals surface area contributed by atoms with Crippen molar-refractivity contribution in [3.05, 3.63) is 35.9 Å². The number of methoxy groups -OCH3 is 2. The molecule has 0 radical (unpaired) electrons. The maximum absolute atomic E-state index is 12.9. The Balaban J connectivity index is 1.75. The number of benzene rings is 1. The topological polar surface area (TPSA) is 97.4 Å². The van der Waals surface area contributed by atoms with Crippen LogP contribution in [0.15, 0.2) is 24.5 Å². The molecule has 2 aromatic rings. The number of nitrogens with zero attached hydrogens (tertiary/aromatic N) is 3. The van der Waals surface area contributed by atoms with Crippen molar-refractivity contribution in [2.45, 2.75) is 12.8 Å². The van der Waals surface area contributed by atoms with Crippen LogP contribution in [-0.4, -0.2) is 59.1 Å². The fraction of sp³-hybridized carbons (Fsp3) is 0.412. The minimum atomic E-state index is -0.251. The largest absolute Gasteiger partial charge is 0.493 e. The number of amides is 1. The molecule has 1 aliphatic heterocycles. The van der Waals surface area contributed by atoms with Gasteiger partial charge in [0.25, 0.3) is 5.91 Å². The lowest BCUT2D eigenvalue weighted by Gasteiger charge is -2.31. The molecule has 1 N–H and O–H groups in total. The standard InChI is InChI=1S/C17H20N4O4/c1-24-13-6-5-11(8-14(13)25-2)15(22)12-4-3-7-21(9-12)17(23)16-18-10-19-20-16/h5-6,8,10,12H,3-4,7,9H2,1-2H3,(H,18,19,20)/t12-/m1/s1. The van der Waals surface area contributed by atoms with Crippen LogP contribution in [0.25, 0.3) is 0 Å². The Labute approximate surface area is 145 Å². The van der Waals surface area contributed by atoms with Gasteiger partial charge in [0.2, 0.25) is 5.82 Å². The van der Waals surface area contributed by atoms with Crippen molar-refractivity contribution in [1.82, 2.24) is 20.1 Å². The van der Waals surface area contributed by atoms with Gasteiger partial charge in [0.05, 0.1) is 14.2 Å². The van der Waals surface area contributed by atoms with Gasteiger partial charge in [0, 0.05) is 24.6 Å². The second-order valence-corrected chi connectivity index (χ2v) is 5.86. The lowest BCUT2D eigenvalue weighted by Crippen LogP contribution is -2.42. The Hall–Kier alpha value is -2.90. The molecule has 0 spiro atoms. The number of H-pyrrole nitrogens is 1. The van der Waals surface area contributed by atoms with Crippen LogP contribution in [-0.2, 0) is 0 Å². The number of carbonyl (C=O) groups is 2. The summed E-state index contributed by atoms with van der Waals surface area (Å²) in [6.45, 7) is 0.974. The Kier molecular flexibility index (Phi) is 4.97. The Morgan fingerprint density at radius 3 is 2.72 bits per heavy atom. The summed E-state index contributed by atoms with van der Waals surface area (Å²) < 4.78 is 10.5. The van der Waals surface area contributed by atoms with E-state index in [0.717, 1.165) is 12.8 Å². The highest BCUT2D eigenvalue weighted by Gasteiger charge is 2.30. The van der Waals surface area contributed by atoms with E-state index in [0.29, 0.717) is 30.2 Å². The van der Waals surface area contributed by atoms with Gasteiger partial charge >= 0.3 is 0 Å². The van der Waals surface area contributed by atoms with Gasteiger partial charge in [-0.05, 0) is 31.0 Å².